The van der Waals surface area contributed by atoms with Crippen LogP contribution >= 0.6 is 28.1 Å². The number of carbonyl (C=O) groups excluding carboxylic acids is 2. The third kappa shape index (κ3) is 8.49. The van der Waals surface area contributed by atoms with Crippen molar-refractivity contribution in [2.45, 2.75) is 19.8 Å². The average molecular weight is 480 g/mol. The predicted molar refractivity (Wildman–Crippen MR) is 118 cm³/mol. The van der Waals surface area contributed by atoms with Crippen LogP contribution in [0.1, 0.15) is 30.1 Å². The van der Waals surface area contributed by atoms with E-state index >= 15 is 0 Å². The molecule has 0 aliphatic carbocycles. The van der Waals surface area contributed by atoms with E-state index in [1.807, 2.05) is 0 Å². The number of ether oxygens (including phenoxy) is 2. The van der Waals surface area contributed by atoms with Gasteiger partial charge in [-0.05, 0) is 67.2 Å². The average Bonchev–Trinajstić information content (AvgIpc) is 2.72. The molecule has 2 amide bonds. The van der Waals surface area contributed by atoms with E-state index in [-0.39, 0.29) is 11.7 Å². The van der Waals surface area contributed by atoms with Crippen molar-refractivity contribution in [2.24, 2.45) is 0 Å². The highest BCUT2D eigenvalue weighted by Gasteiger charge is 2.09. The Hall–Kier alpha value is -2.65. The Morgan fingerprint density at radius 3 is 2.24 bits per heavy atom. The molecule has 0 fully saturated rings. The van der Waals surface area contributed by atoms with Crippen molar-refractivity contribution in [3.8, 4) is 11.5 Å². The number of hydrogen-bond acceptors (Lipinski definition) is 5. The van der Waals surface area contributed by atoms with Crippen LogP contribution in [0.3, 0.4) is 0 Å². The van der Waals surface area contributed by atoms with Gasteiger partial charge < -0.3 is 9.47 Å². The topological polar surface area (TPSA) is 88.7 Å². The third-order valence-electron chi connectivity index (χ3n) is 3.61. The number of thiocarbonyl (C=S) groups is 1. The molecule has 29 heavy (non-hydrogen) atoms. The highest BCUT2D eigenvalue weighted by Crippen LogP contribution is 2.16. The van der Waals surface area contributed by atoms with Crippen LogP contribution in [0.5, 0.6) is 11.5 Å². The molecule has 0 spiro atoms. The highest BCUT2D eigenvalue weighted by atomic mass is 79.9. The lowest BCUT2D eigenvalue weighted by Crippen LogP contribution is -2.49. The Morgan fingerprint density at radius 1 is 0.966 bits per heavy atom. The summed E-state index contributed by atoms with van der Waals surface area (Å²) in [6.45, 7) is 2.53. The number of rotatable bonds is 8. The maximum atomic E-state index is 12.2. The Balaban J connectivity index is 1.70. The fourth-order valence-corrected chi connectivity index (χ4v) is 2.49. The van der Waals surface area contributed by atoms with Gasteiger partial charge in [-0.1, -0.05) is 29.3 Å². The number of amides is 2. The summed E-state index contributed by atoms with van der Waals surface area (Å²) < 4.78 is 11.8. The normalized spacial score (nSPS) is 10.0. The van der Waals surface area contributed by atoms with E-state index in [0.717, 1.165) is 17.3 Å². The van der Waals surface area contributed by atoms with Crippen LogP contribution in [0.15, 0.2) is 53.0 Å². The highest BCUT2D eigenvalue weighted by molar-refractivity contribution is 9.10. The maximum absolute atomic E-state index is 12.2. The lowest BCUT2D eigenvalue weighted by Gasteiger charge is -2.12. The van der Waals surface area contributed by atoms with Crippen LogP contribution < -0.4 is 25.6 Å². The molecule has 0 bridgehead atoms. The Morgan fingerprint density at radius 2 is 1.59 bits per heavy atom. The first kappa shape index (κ1) is 22.6. The molecular weight excluding hydrogens is 458 g/mol. The first-order valence-corrected chi connectivity index (χ1v) is 10.2. The van der Waals surface area contributed by atoms with E-state index < -0.39 is 11.8 Å². The number of hydrazine groups is 1. The molecule has 0 aliphatic heterocycles. The molecule has 2 rings (SSSR count). The molecule has 0 saturated carbocycles. The fourth-order valence-electron chi connectivity index (χ4n) is 2.09. The number of nitrogens with one attached hydrogen (secondary N) is 3. The molecule has 0 aliphatic rings. The summed E-state index contributed by atoms with van der Waals surface area (Å²) in [6.07, 6.45) is 2.03. The monoisotopic (exact) mass is 479 g/mol. The first-order chi connectivity index (χ1) is 14.0. The zero-order valence-corrected chi connectivity index (χ0v) is 18.3. The molecule has 9 heteroatoms. The third-order valence-corrected chi connectivity index (χ3v) is 4.34. The quantitative estimate of drug-likeness (QED) is 0.305. The van der Waals surface area contributed by atoms with E-state index in [0.29, 0.717) is 23.7 Å². The van der Waals surface area contributed by atoms with Crippen LogP contribution in [0, 0.1) is 0 Å². The molecule has 2 aromatic rings. The zero-order chi connectivity index (χ0) is 21.1. The summed E-state index contributed by atoms with van der Waals surface area (Å²) >= 11 is 8.33. The second kappa shape index (κ2) is 12.0. The molecular formula is C20H22BrN3O4S. The van der Waals surface area contributed by atoms with Gasteiger partial charge in [0.2, 0.25) is 0 Å². The van der Waals surface area contributed by atoms with Crippen molar-refractivity contribution in [1.82, 2.24) is 16.2 Å². The van der Waals surface area contributed by atoms with Crippen LogP contribution in [-0.2, 0) is 4.79 Å². The van der Waals surface area contributed by atoms with Crippen molar-refractivity contribution in [3.63, 3.8) is 0 Å². The number of hydrogen-bond donors (Lipinski definition) is 3. The molecule has 154 valence electrons. The van der Waals surface area contributed by atoms with E-state index in [1.54, 1.807) is 48.5 Å². The Labute approximate surface area is 183 Å². The summed E-state index contributed by atoms with van der Waals surface area (Å²) in [6, 6.07) is 13.8. The molecule has 3 N–H and O–H groups in total. The lowest BCUT2D eigenvalue weighted by molar-refractivity contribution is -0.123. The summed E-state index contributed by atoms with van der Waals surface area (Å²) in [7, 11) is 0. The molecule has 0 atom stereocenters. The van der Waals surface area contributed by atoms with Crippen molar-refractivity contribution in [2.75, 3.05) is 13.2 Å². The van der Waals surface area contributed by atoms with E-state index in [9.17, 15) is 9.59 Å². The number of unbranched alkanes of at least 4 members (excludes halogenated alkanes) is 1. The minimum Gasteiger partial charge on any atom is -0.494 e. The van der Waals surface area contributed by atoms with Crippen molar-refractivity contribution in [1.29, 1.82) is 0 Å². The minimum atomic E-state index is -0.446. The van der Waals surface area contributed by atoms with Gasteiger partial charge in [0.25, 0.3) is 11.8 Å². The summed E-state index contributed by atoms with van der Waals surface area (Å²) in [5, 5.41) is 2.45. The van der Waals surface area contributed by atoms with Crippen molar-refractivity contribution in [3.05, 3.63) is 58.6 Å². The van der Waals surface area contributed by atoms with Gasteiger partial charge in [0.05, 0.1) is 6.61 Å². The van der Waals surface area contributed by atoms with Gasteiger partial charge in [-0.15, -0.1) is 0 Å². The van der Waals surface area contributed by atoms with Crippen LogP contribution in [0.4, 0.5) is 0 Å². The van der Waals surface area contributed by atoms with Crippen molar-refractivity contribution < 1.29 is 19.1 Å². The predicted octanol–water partition coefficient (Wildman–Crippen LogP) is 3.34. The first-order valence-electron chi connectivity index (χ1n) is 8.99. The van der Waals surface area contributed by atoms with Crippen LogP contribution in [0.25, 0.3) is 0 Å². The van der Waals surface area contributed by atoms with E-state index in [4.69, 9.17) is 21.7 Å². The van der Waals surface area contributed by atoms with Gasteiger partial charge in [0.15, 0.2) is 11.7 Å². The van der Waals surface area contributed by atoms with Gasteiger partial charge in [0, 0.05) is 10.0 Å². The molecule has 0 saturated heterocycles. The van der Waals surface area contributed by atoms with Gasteiger partial charge in [-0.2, -0.15) is 0 Å². The second-order valence-electron chi connectivity index (χ2n) is 5.93. The molecule has 7 nitrogen and oxygen atoms in total. The zero-order valence-electron chi connectivity index (χ0n) is 15.9. The summed E-state index contributed by atoms with van der Waals surface area (Å²) in [5.74, 6) is 0.413. The van der Waals surface area contributed by atoms with E-state index in [2.05, 4.69) is 39.0 Å². The van der Waals surface area contributed by atoms with E-state index in [1.165, 1.54) is 0 Å². The smallest absolute Gasteiger partial charge is 0.276 e. The number of carbonyl (C=O) groups is 2. The van der Waals surface area contributed by atoms with Crippen LogP contribution in [-0.4, -0.2) is 30.1 Å². The second-order valence-corrected chi connectivity index (χ2v) is 7.25. The number of benzene rings is 2. The van der Waals surface area contributed by atoms with Gasteiger partial charge in [0.1, 0.15) is 11.5 Å². The van der Waals surface area contributed by atoms with Crippen LogP contribution in [0.2, 0.25) is 0 Å². The van der Waals surface area contributed by atoms with Crippen molar-refractivity contribution >= 4 is 45.1 Å². The molecule has 2 aromatic carbocycles. The Kier molecular flexibility index (Phi) is 9.39. The molecule has 0 radical (unpaired) electrons. The SMILES string of the molecule is CCCCOc1ccc(C(=O)NC(=S)NNC(=O)COc2ccc(Br)cc2)cc1. The molecule has 0 unspecified atom stereocenters. The fraction of sp³-hybridized carbons (Fsp3) is 0.250. The molecule has 0 aromatic heterocycles. The maximum Gasteiger partial charge on any atom is 0.276 e. The molecule has 0 heterocycles. The van der Waals surface area contributed by atoms with Gasteiger partial charge in [-0.3, -0.25) is 25.8 Å². The van der Waals surface area contributed by atoms with Gasteiger partial charge >= 0.3 is 0 Å². The minimum absolute atomic E-state index is 0.0322. The number of halogens is 1. The largest absolute Gasteiger partial charge is 0.494 e. The Bertz CT molecular complexity index is 829. The summed E-state index contributed by atoms with van der Waals surface area (Å²) in [5.41, 5.74) is 5.24. The standard InChI is InChI=1S/C20H22BrN3O4S/c1-2-3-12-27-16-8-4-14(5-9-16)19(26)22-20(29)24-23-18(25)13-28-17-10-6-15(21)7-11-17/h4-11H,2-3,12-13H2,1H3,(H,23,25)(H2,22,24,26,29). The van der Waals surface area contributed by atoms with Gasteiger partial charge in [-0.25, -0.2) is 0 Å². The summed E-state index contributed by atoms with van der Waals surface area (Å²) in [4.78, 5) is 24.0. The lowest BCUT2D eigenvalue weighted by atomic mass is 10.2.